The topological polar surface area (TPSA) is 95.7 Å². The Bertz CT molecular complexity index is 757. The maximum absolute atomic E-state index is 9.42. The highest BCUT2D eigenvalue weighted by Gasteiger charge is 2.20. The van der Waals surface area contributed by atoms with E-state index in [1.165, 1.54) is 0 Å². The van der Waals surface area contributed by atoms with Crippen molar-refractivity contribution in [1.29, 1.82) is 10.5 Å². The van der Waals surface area contributed by atoms with Gasteiger partial charge in [0.05, 0.1) is 6.61 Å². The highest BCUT2D eigenvalue weighted by molar-refractivity contribution is 9.10. The van der Waals surface area contributed by atoms with Crippen LogP contribution in [-0.4, -0.2) is 11.6 Å². The fourth-order valence-electron chi connectivity index (χ4n) is 1.94. The molecule has 0 bridgehead atoms. The van der Waals surface area contributed by atoms with E-state index in [4.69, 9.17) is 10.5 Å². The second-order valence-electron chi connectivity index (χ2n) is 4.09. The molecule has 0 aliphatic rings. The number of pyridine rings is 1. The smallest absolute Gasteiger partial charge is 0.234 e. The average Bonchev–Trinajstić information content (AvgIpc) is 2.48. The lowest BCUT2D eigenvalue weighted by molar-refractivity contribution is 0.326. The van der Waals surface area contributed by atoms with Crippen LogP contribution in [0.3, 0.4) is 0 Å². The molecule has 2 N–H and O–H groups in total. The number of benzene rings is 1. The zero-order chi connectivity index (χ0) is 15.4. The summed E-state index contributed by atoms with van der Waals surface area (Å²) in [6, 6.07) is 11.3. The Morgan fingerprint density at radius 2 is 1.81 bits per heavy atom. The minimum absolute atomic E-state index is 0.0536. The van der Waals surface area contributed by atoms with Crippen molar-refractivity contribution in [1.82, 2.24) is 4.98 Å². The molecular formula is C15H11BrN4O. The molecule has 0 fully saturated rings. The van der Waals surface area contributed by atoms with Crippen LogP contribution in [0, 0.1) is 22.7 Å². The Morgan fingerprint density at radius 1 is 1.19 bits per heavy atom. The Kier molecular flexibility index (Phi) is 4.42. The molecule has 1 aromatic carbocycles. The number of nitriles is 2. The molecule has 0 atom stereocenters. The standard InChI is InChI=1S/C15H11BrN4O/c1-2-21-15-12(8-18)13(11(7-17)14(19)20-15)9-3-5-10(16)6-4-9/h3-6H,2H2,1H3,(H2,19,20). The van der Waals surface area contributed by atoms with E-state index < -0.39 is 0 Å². The Morgan fingerprint density at radius 3 is 2.33 bits per heavy atom. The van der Waals surface area contributed by atoms with Gasteiger partial charge in [-0.15, -0.1) is 0 Å². The molecular weight excluding hydrogens is 332 g/mol. The van der Waals surface area contributed by atoms with Crippen molar-refractivity contribution in [3.8, 4) is 29.1 Å². The number of hydrogen-bond donors (Lipinski definition) is 1. The van der Waals surface area contributed by atoms with E-state index in [-0.39, 0.29) is 22.8 Å². The van der Waals surface area contributed by atoms with Gasteiger partial charge in [0.2, 0.25) is 5.88 Å². The third-order valence-corrected chi connectivity index (χ3v) is 3.36. The monoisotopic (exact) mass is 342 g/mol. The van der Waals surface area contributed by atoms with E-state index >= 15 is 0 Å². The van der Waals surface area contributed by atoms with E-state index in [2.05, 4.69) is 27.0 Å². The summed E-state index contributed by atoms with van der Waals surface area (Å²) in [5.74, 6) is 0.201. The first-order chi connectivity index (χ1) is 10.1. The lowest BCUT2D eigenvalue weighted by Gasteiger charge is -2.13. The molecule has 21 heavy (non-hydrogen) atoms. The van der Waals surface area contributed by atoms with E-state index in [1.54, 1.807) is 19.1 Å². The number of rotatable bonds is 3. The maximum Gasteiger partial charge on any atom is 0.234 e. The normalized spacial score (nSPS) is 9.71. The van der Waals surface area contributed by atoms with Gasteiger partial charge in [-0.2, -0.15) is 15.5 Å². The van der Waals surface area contributed by atoms with Crippen LogP contribution in [-0.2, 0) is 0 Å². The molecule has 0 spiro atoms. The maximum atomic E-state index is 9.42. The van der Waals surface area contributed by atoms with Crippen LogP contribution in [0.15, 0.2) is 28.7 Å². The van der Waals surface area contributed by atoms with E-state index in [9.17, 15) is 10.5 Å². The molecule has 0 amide bonds. The number of anilines is 1. The lowest BCUT2D eigenvalue weighted by atomic mass is 9.96. The van der Waals surface area contributed by atoms with Crippen molar-refractivity contribution in [3.63, 3.8) is 0 Å². The minimum atomic E-state index is 0.0536. The van der Waals surface area contributed by atoms with Gasteiger partial charge in [-0.3, -0.25) is 0 Å². The van der Waals surface area contributed by atoms with Crippen molar-refractivity contribution in [2.45, 2.75) is 6.92 Å². The number of nitrogen functional groups attached to an aromatic ring is 1. The second kappa shape index (κ2) is 6.25. The number of aromatic nitrogens is 1. The first-order valence-electron chi connectivity index (χ1n) is 6.14. The summed E-state index contributed by atoms with van der Waals surface area (Å²) in [7, 11) is 0. The minimum Gasteiger partial charge on any atom is -0.477 e. The fourth-order valence-corrected chi connectivity index (χ4v) is 2.21. The predicted molar refractivity (Wildman–Crippen MR) is 82.4 cm³/mol. The Balaban J connectivity index is 2.81. The zero-order valence-corrected chi connectivity index (χ0v) is 12.8. The Hall–Kier alpha value is -2.57. The van der Waals surface area contributed by atoms with Crippen LogP contribution in [0.5, 0.6) is 5.88 Å². The molecule has 2 aromatic rings. The van der Waals surface area contributed by atoms with Crippen molar-refractivity contribution < 1.29 is 4.74 Å². The zero-order valence-electron chi connectivity index (χ0n) is 11.2. The first-order valence-corrected chi connectivity index (χ1v) is 6.94. The summed E-state index contributed by atoms with van der Waals surface area (Å²) in [5.41, 5.74) is 7.37. The highest BCUT2D eigenvalue weighted by Crippen LogP contribution is 2.35. The molecule has 0 aliphatic carbocycles. The van der Waals surface area contributed by atoms with E-state index in [1.807, 2.05) is 18.2 Å². The highest BCUT2D eigenvalue weighted by atomic mass is 79.9. The van der Waals surface area contributed by atoms with E-state index in [0.29, 0.717) is 17.7 Å². The number of hydrogen-bond acceptors (Lipinski definition) is 5. The van der Waals surface area contributed by atoms with Crippen molar-refractivity contribution in [2.75, 3.05) is 12.3 Å². The van der Waals surface area contributed by atoms with Gasteiger partial charge >= 0.3 is 0 Å². The van der Waals surface area contributed by atoms with Crippen molar-refractivity contribution in [3.05, 3.63) is 39.9 Å². The summed E-state index contributed by atoms with van der Waals surface area (Å²) in [6.45, 7) is 2.14. The van der Waals surface area contributed by atoms with Crippen LogP contribution in [0.4, 0.5) is 5.82 Å². The molecule has 0 saturated heterocycles. The molecule has 104 valence electrons. The summed E-state index contributed by atoms with van der Waals surface area (Å²) in [5, 5.41) is 18.7. The lowest BCUT2D eigenvalue weighted by Crippen LogP contribution is -2.05. The fraction of sp³-hybridized carbons (Fsp3) is 0.133. The number of nitrogens with two attached hydrogens (primary N) is 1. The van der Waals surface area contributed by atoms with Crippen LogP contribution in [0.1, 0.15) is 18.1 Å². The van der Waals surface area contributed by atoms with Crippen LogP contribution in [0.2, 0.25) is 0 Å². The SMILES string of the molecule is CCOc1nc(N)c(C#N)c(-c2ccc(Br)cc2)c1C#N. The van der Waals surface area contributed by atoms with Gasteiger partial charge < -0.3 is 10.5 Å². The van der Waals surface area contributed by atoms with Crippen LogP contribution >= 0.6 is 15.9 Å². The molecule has 0 radical (unpaired) electrons. The van der Waals surface area contributed by atoms with Crippen molar-refractivity contribution in [2.24, 2.45) is 0 Å². The Labute approximate surface area is 130 Å². The van der Waals surface area contributed by atoms with Gasteiger partial charge in [0.15, 0.2) is 0 Å². The summed E-state index contributed by atoms with van der Waals surface area (Å²) in [4.78, 5) is 4.01. The van der Waals surface area contributed by atoms with Crippen LogP contribution in [0.25, 0.3) is 11.1 Å². The third kappa shape index (κ3) is 2.81. The van der Waals surface area contributed by atoms with Gasteiger partial charge in [-0.05, 0) is 24.6 Å². The quantitative estimate of drug-likeness (QED) is 0.923. The summed E-state index contributed by atoms with van der Waals surface area (Å²) >= 11 is 3.35. The van der Waals surface area contributed by atoms with Gasteiger partial charge in [0, 0.05) is 10.0 Å². The van der Waals surface area contributed by atoms with Gasteiger partial charge in [0.25, 0.3) is 0 Å². The molecule has 0 saturated carbocycles. The van der Waals surface area contributed by atoms with Gasteiger partial charge in [-0.25, -0.2) is 0 Å². The molecule has 0 aliphatic heterocycles. The van der Waals surface area contributed by atoms with E-state index in [0.717, 1.165) is 4.47 Å². The summed E-state index contributed by atoms with van der Waals surface area (Å²) < 4.78 is 6.26. The van der Waals surface area contributed by atoms with Crippen LogP contribution < -0.4 is 10.5 Å². The largest absolute Gasteiger partial charge is 0.477 e. The molecule has 5 nitrogen and oxygen atoms in total. The number of nitrogens with zero attached hydrogens (tertiary/aromatic N) is 3. The molecule has 1 aromatic heterocycles. The average molecular weight is 343 g/mol. The molecule has 1 heterocycles. The third-order valence-electron chi connectivity index (χ3n) is 2.83. The van der Waals surface area contributed by atoms with Gasteiger partial charge in [0.1, 0.15) is 29.1 Å². The number of halogens is 1. The van der Waals surface area contributed by atoms with Crippen molar-refractivity contribution >= 4 is 21.7 Å². The summed E-state index contributed by atoms with van der Waals surface area (Å²) in [6.07, 6.45) is 0. The predicted octanol–water partition coefficient (Wildman–Crippen LogP) is 3.24. The first kappa shape index (κ1) is 14.8. The van der Waals surface area contributed by atoms with Gasteiger partial charge in [-0.1, -0.05) is 28.1 Å². The molecule has 6 heteroatoms. The number of ether oxygens (including phenoxy) is 1. The second-order valence-corrected chi connectivity index (χ2v) is 5.01. The molecule has 0 unspecified atom stereocenters. The molecule has 2 rings (SSSR count).